The molecule has 2 heterocycles. The predicted octanol–water partition coefficient (Wildman–Crippen LogP) is 3.71. The van der Waals surface area contributed by atoms with Gasteiger partial charge in [0.1, 0.15) is 11.3 Å². The van der Waals surface area contributed by atoms with Crippen molar-refractivity contribution in [1.82, 2.24) is 10.2 Å². The van der Waals surface area contributed by atoms with Gasteiger partial charge in [0.25, 0.3) is 0 Å². The zero-order valence-corrected chi connectivity index (χ0v) is 14.7. The van der Waals surface area contributed by atoms with Crippen molar-refractivity contribution in [2.24, 2.45) is 11.8 Å². The smallest absolute Gasteiger partial charge is 0.394 e. The Morgan fingerprint density at radius 3 is 2.52 bits per heavy atom. The lowest BCUT2D eigenvalue weighted by molar-refractivity contribution is -0.187. The Balaban J connectivity index is 1.74. The van der Waals surface area contributed by atoms with Crippen molar-refractivity contribution >= 4 is 23.0 Å². The molecule has 1 aliphatic rings. The molecule has 2 N–H and O–H groups in total. The monoisotopic (exact) mass is 384 g/mol. The number of halogens is 3. The highest BCUT2D eigenvalue weighted by atomic mass is 19.4. The minimum absolute atomic E-state index is 0.489. The van der Waals surface area contributed by atoms with Gasteiger partial charge in [0.15, 0.2) is 0 Å². The van der Waals surface area contributed by atoms with Crippen molar-refractivity contribution in [3.05, 3.63) is 35.6 Å². The summed E-state index contributed by atoms with van der Waals surface area (Å²) in [6.07, 6.45) is -4.68. The molecule has 3 atom stereocenters. The summed E-state index contributed by atoms with van der Waals surface area (Å²) in [5.41, 5.74) is 1.48. The maximum absolute atomic E-state index is 13.1. The van der Waals surface area contributed by atoms with E-state index in [2.05, 4.69) is 5.32 Å². The topological polar surface area (TPSA) is 82.8 Å². The fourth-order valence-electron chi connectivity index (χ4n) is 3.50. The first-order chi connectivity index (χ1) is 12.6. The first kappa shape index (κ1) is 19.1. The van der Waals surface area contributed by atoms with Crippen LogP contribution in [0.15, 0.2) is 28.7 Å². The summed E-state index contributed by atoms with van der Waals surface area (Å²) in [7, 11) is 0. The molecule has 6 nitrogen and oxygen atoms in total. The van der Waals surface area contributed by atoms with E-state index in [-0.39, 0.29) is 0 Å². The van der Waals surface area contributed by atoms with Crippen LogP contribution in [-0.2, 0) is 4.79 Å². The molecule has 27 heavy (non-hydrogen) atoms. The van der Waals surface area contributed by atoms with Crippen LogP contribution in [0.1, 0.15) is 24.3 Å². The highest BCUT2D eigenvalue weighted by Crippen LogP contribution is 2.38. The summed E-state index contributed by atoms with van der Waals surface area (Å²) in [6.45, 7) is 2.32. The fraction of sp³-hybridized carbons (Fsp3) is 0.444. The van der Waals surface area contributed by atoms with Gasteiger partial charge in [-0.2, -0.15) is 13.2 Å². The van der Waals surface area contributed by atoms with Crippen LogP contribution < -0.4 is 5.32 Å². The third-order valence-electron chi connectivity index (χ3n) is 4.96. The molecule has 2 amide bonds. The average molecular weight is 384 g/mol. The van der Waals surface area contributed by atoms with Crippen molar-refractivity contribution in [1.29, 1.82) is 0 Å². The van der Waals surface area contributed by atoms with Crippen molar-refractivity contribution in [2.75, 3.05) is 13.1 Å². The van der Waals surface area contributed by atoms with Gasteiger partial charge in [-0.3, -0.25) is 4.79 Å². The van der Waals surface area contributed by atoms with Crippen LogP contribution in [0, 0.1) is 18.8 Å². The largest absolute Gasteiger partial charge is 0.481 e. The second-order valence-corrected chi connectivity index (χ2v) is 6.76. The zero-order valence-electron chi connectivity index (χ0n) is 14.7. The molecular weight excluding hydrogens is 365 g/mol. The summed E-state index contributed by atoms with van der Waals surface area (Å²) in [5, 5.41) is 12.5. The molecule has 1 saturated heterocycles. The molecule has 1 aromatic heterocycles. The van der Waals surface area contributed by atoms with Crippen LogP contribution in [0.4, 0.5) is 18.0 Å². The SMILES string of the molecule is Cc1c(C(C)NC(=O)N2C[C@@H](C(F)(F)F)[C@H](C(=O)O)C2)oc2ccccc12. The van der Waals surface area contributed by atoms with Crippen LogP contribution in [0.3, 0.4) is 0 Å². The number of carboxylic acid groups (broad SMARTS) is 1. The Kier molecular flexibility index (Phi) is 4.79. The number of para-hydroxylation sites is 1. The number of nitrogens with zero attached hydrogens (tertiary/aromatic N) is 1. The second kappa shape index (κ2) is 6.79. The Hall–Kier alpha value is -2.71. The summed E-state index contributed by atoms with van der Waals surface area (Å²) in [5.74, 6) is -4.80. The van der Waals surface area contributed by atoms with Crippen molar-refractivity contribution < 1.29 is 32.3 Å². The molecule has 1 fully saturated rings. The van der Waals surface area contributed by atoms with E-state index in [1.165, 1.54) is 0 Å². The highest BCUT2D eigenvalue weighted by Gasteiger charge is 2.53. The number of carboxylic acids is 1. The van der Waals surface area contributed by atoms with Gasteiger partial charge in [-0.05, 0) is 19.9 Å². The first-order valence-corrected chi connectivity index (χ1v) is 8.42. The number of aliphatic carboxylic acids is 1. The number of fused-ring (bicyclic) bond motifs is 1. The summed E-state index contributed by atoms with van der Waals surface area (Å²) in [6, 6.07) is 5.99. The molecule has 3 rings (SSSR count). The average Bonchev–Trinajstić information content (AvgIpc) is 3.17. The zero-order chi connectivity index (χ0) is 19.9. The molecule has 1 aromatic carbocycles. The minimum atomic E-state index is -4.68. The van der Waals surface area contributed by atoms with Crippen LogP contribution in [0.5, 0.6) is 0 Å². The van der Waals surface area contributed by atoms with E-state index in [1.807, 2.05) is 25.1 Å². The molecule has 9 heteroatoms. The number of nitrogens with one attached hydrogen (secondary N) is 1. The fourth-order valence-corrected chi connectivity index (χ4v) is 3.50. The Bertz CT molecular complexity index is 877. The van der Waals surface area contributed by atoms with Crippen LogP contribution in [-0.4, -0.2) is 41.3 Å². The number of carbonyl (C=O) groups is 2. The number of hydrogen-bond donors (Lipinski definition) is 2. The third kappa shape index (κ3) is 3.58. The van der Waals surface area contributed by atoms with Crippen molar-refractivity contribution in [2.45, 2.75) is 26.1 Å². The number of alkyl halides is 3. The van der Waals surface area contributed by atoms with E-state index >= 15 is 0 Å². The van der Waals surface area contributed by atoms with Gasteiger partial charge >= 0.3 is 18.2 Å². The Morgan fingerprint density at radius 2 is 1.96 bits per heavy atom. The number of urea groups is 1. The first-order valence-electron chi connectivity index (χ1n) is 8.42. The van der Waals surface area contributed by atoms with Crippen molar-refractivity contribution in [3.8, 4) is 0 Å². The van der Waals surface area contributed by atoms with Gasteiger partial charge in [-0.15, -0.1) is 0 Å². The predicted molar refractivity (Wildman–Crippen MR) is 90.1 cm³/mol. The quantitative estimate of drug-likeness (QED) is 0.845. The Morgan fingerprint density at radius 1 is 1.30 bits per heavy atom. The number of benzene rings is 1. The second-order valence-electron chi connectivity index (χ2n) is 6.76. The number of aryl methyl sites for hydroxylation is 1. The van der Waals surface area contributed by atoms with E-state index in [9.17, 15) is 22.8 Å². The van der Waals surface area contributed by atoms with Gasteiger partial charge in [0.2, 0.25) is 0 Å². The summed E-state index contributed by atoms with van der Waals surface area (Å²) < 4.78 is 45.0. The number of amides is 2. The number of likely N-dealkylation sites (tertiary alicyclic amines) is 1. The molecule has 0 saturated carbocycles. The summed E-state index contributed by atoms with van der Waals surface area (Å²) in [4.78, 5) is 24.4. The molecule has 1 unspecified atom stereocenters. The normalized spacial score (nSPS) is 21.4. The van der Waals surface area contributed by atoms with Gasteiger partial charge < -0.3 is 19.7 Å². The van der Waals surface area contributed by atoms with Gasteiger partial charge in [-0.25, -0.2) is 4.79 Å². The molecule has 146 valence electrons. The lowest BCUT2D eigenvalue weighted by Gasteiger charge is -2.21. The van der Waals surface area contributed by atoms with E-state index in [0.29, 0.717) is 11.3 Å². The van der Waals surface area contributed by atoms with Crippen LogP contribution in [0.2, 0.25) is 0 Å². The van der Waals surface area contributed by atoms with Gasteiger partial charge in [-0.1, -0.05) is 18.2 Å². The minimum Gasteiger partial charge on any atom is -0.481 e. The molecule has 0 aliphatic carbocycles. The number of rotatable bonds is 3. The lowest BCUT2D eigenvalue weighted by atomic mass is 9.96. The van der Waals surface area contributed by atoms with Crippen molar-refractivity contribution in [3.63, 3.8) is 0 Å². The third-order valence-corrected chi connectivity index (χ3v) is 4.96. The number of hydrogen-bond acceptors (Lipinski definition) is 3. The maximum atomic E-state index is 13.1. The molecule has 0 spiro atoms. The molecular formula is C18H19F3N2O4. The maximum Gasteiger partial charge on any atom is 0.394 e. The van der Waals surface area contributed by atoms with E-state index in [0.717, 1.165) is 15.8 Å². The van der Waals surface area contributed by atoms with Gasteiger partial charge in [0.05, 0.1) is 17.9 Å². The Labute approximate surface area is 152 Å². The van der Waals surface area contributed by atoms with E-state index in [1.54, 1.807) is 13.0 Å². The lowest BCUT2D eigenvalue weighted by Crippen LogP contribution is -2.40. The van der Waals surface area contributed by atoms with Crippen LogP contribution in [0.25, 0.3) is 11.0 Å². The summed E-state index contributed by atoms with van der Waals surface area (Å²) >= 11 is 0. The van der Waals surface area contributed by atoms with Gasteiger partial charge in [0, 0.05) is 24.0 Å². The number of carbonyl (C=O) groups excluding carboxylic acids is 1. The van der Waals surface area contributed by atoms with Crippen LogP contribution >= 0.6 is 0 Å². The number of furan rings is 1. The molecule has 1 aliphatic heterocycles. The van der Waals surface area contributed by atoms with E-state index in [4.69, 9.17) is 9.52 Å². The highest BCUT2D eigenvalue weighted by molar-refractivity contribution is 5.83. The standard InChI is InChI=1S/C18H19F3N2O4/c1-9-11-5-3-4-6-14(11)27-15(9)10(2)22-17(26)23-7-12(16(24)25)13(8-23)18(19,20)21/h3-6,10,12-13H,7-8H2,1-2H3,(H,22,26)(H,24,25)/t10?,12-,13-/m1/s1. The van der Waals surface area contributed by atoms with E-state index < -0.39 is 49.1 Å². The molecule has 0 radical (unpaired) electrons. The molecule has 0 bridgehead atoms. The molecule has 2 aromatic rings.